The minimum Gasteiger partial charge on any atom is -0.497 e. The Morgan fingerprint density at radius 1 is 1.10 bits per heavy atom. The van der Waals surface area contributed by atoms with Gasteiger partial charge in [-0.1, -0.05) is 12.1 Å². The van der Waals surface area contributed by atoms with E-state index in [4.69, 9.17) is 4.74 Å². The Hall–Kier alpha value is -2.99. The van der Waals surface area contributed by atoms with Gasteiger partial charge in [-0.25, -0.2) is 4.79 Å². The van der Waals surface area contributed by atoms with Crippen LogP contribution in [0.2, 0.25) is 0 Å². The molecule has 6 nitrogen and oxygen atoms in total. The van der Waals surface area contributed by atoms with E-state index < -0.39 is 0 Å². The van der Waals surface area contributed by atoms with Crippen LogP contribution in [-0.4, -0.2) is 46.2 Å². The molecule has 1 aliphatic heterocycles. The summed E-state index contributed by atoms with van der Waals surface area (Å²) in [6, 6.07) is 14.4. The Balaban J connectivity index is 1.25. The first-order chi connectivity index (χ1) is 14.2. The average Bonchev–Trinajstić information content (AvgIpc) is 3.32. The van der Waals surface area contributed by atoms with Crippen molar-refractivity contribution in [1.29, 1.82) is 0 Å². The molecule has 0 radical (unpaired) electrons. The largest absolute Gasteiger partial charge is 0.497 e. The number of aromatic amines is 2. The molecule has 1 fully saturated rings. The number of nitrogens with one attached hydrogen (secondary N) is 2. The SMILES string of the molecule is COc1ccc2[nH]cc(CCN3CCC(n4c(=O)[nH]c5ccccc54)CC3)c2c1. The maximum atomic E-state index is 12.5. The number of piperidine rings is 1. The van der Waals surface area contributed by atoms with Crippen molar-refractivity contribution in [1.82, 2.24) is 19.4 Å². The number of para-hydroxylation sites is 2. The fourth-order valence-corrected chi connectivity index (χ4v) is 4.61. The van der Waals surface area contributed by atoms with Crippen LogP contribution in [0.15, 0.2) is 53.5 Å². The molecule has 0 aliphatic carbocycles. The van der Waals surface area contributed by atoms with Crippen LogP contribution in [0, 0.1) is 0 Å². The maximum Gasteiger partial charge on any atom is 0.326 e. The highest BCUT2D eigenvalue weighted by Crippen LogP contribution is 2.27. The van der Waals surface area contributed by atoms with E-state index in [1.54, 1.807) is 7.11 Å². The zero-order chi connectivity index (χ0) is 19.8. The van der Waals surface area contributed by atoms with Gasteiger partial charge in [-0.05, 0) is 55.2 Å². The average molecular weight is 390 g/mol. The van der Waals surface area contributed by atoms with Gasteiger partial charge < -0.3 is 19.6 Å². The van der Waals surface area contributed by atoms with E-state index in [1.807, 2.05) is 34.9 Å². The molecule has 0 spiro atoms. The third-order valence-corrected chi connectivity index (χ3v) is 6.22. The van der Waals surface area contributed by atoms with Crippen molar-refractivity contribution in [2.75, 3.05) is 26.7 Å². The lowest BCUT2D eigenvalue weighted by Crippen LogP contribution is -2.37. The molecule has 0 saturated carbocycles. The quantitative estimate of drug-likeness (QED) is 0.546. The number of nitrogens with zero attached hydrogens (tertiary/aromatic N) is 2. The summed E-state index contributed by atoms with van der Waals surface area (Å²) in [6.45, 7) is 3.06. The molecule has 5 rings (SSSR count). The van der Waals surface area contributed by atoms with Gasteiger partial charge in [0.25, 0.3) is 0 Å². The number of likely N-dealkylation sites (tertiary alicyclic amines) is 1. The highest BCUT2D eigenvalue weighted by Gasteiger charge is 2.23. The van der Waals surface area contributed by atoms with Crippen molar-refractivity contribution in [3.63, 3.8) is 0 Å². The topological polar surface area (TPSA) is 66.0 Å². The highest BCUT2D eigenvalue weighted by atomic mass is 16.5. The van der Waals surface area contributed by atoms with E-state index in [2.05, 4.69) is 33.2 Å². The first kappa shape index (κ1) is 18.1. The molecule has 0 atom stereocenters. The summed E-state index contributed by atoms with van der Waals surface area (Å²) in [5.41, 5.74) is 4.43. The fraction of sp³-hybridized carbons (Fsp3) is 0.348. The van der Waals surface area contributed by atoms with Gasteiger partial charge >= 0.3 is 5.69 Å². The number of fused-ring (bicyclic) bond motifs is 2. The van der Waals surface area contributed by atoms with E-state index in [1.165, 1.54) is 10.9 Å². The number of aromatic nitrogens is 3. The van der Waals surface area contributed by atoms with Crippen molar-refractivity contribution < 1.29 is 4.74 Å². The molecule has 0 unspecified atom stereocenters. The first-order valence-corrected chi connectivity index (χ1v) is 10.3. The summed E-state index contributed by atoms with van der Waals surface area (Å²) in [7, 11) is 1.71. The lowest BCUT2D eigenvalue weighted by atomic mass is 10.0. The van der Waals surface area contributed by atoms with Gasteiger partial charge in [0.2, 0.25) is 0 Å². The van der Waals surface area contributed by atoms with E-state index in [9.17, 15) is 4.79 Å². The van der Waals surface area contributed by atoms with E-state index >= 15 is 0 Å². The monoisotopic (exact) mass is 390 g/mol. The summed E-state index contributed by atoms with van der Waals surface area (Å²) in [5, 5.41) is 1.24. The van der Waals surface area contributed by atoms with Gasteiger partial charge in [-0.3, -0.25) is 4.57 Å². The summed E-state index contributed by atoms with van der Waals surface area (Å²) in [6.07, 6.45) is 5.13. The number of imidazole rings is 1. The van der Waals surface area contributed by atoms with Crippen molar-refractivity contribution in [2.45, 2.75) is 25.3 Å². The number of H-pyrrole nitrogens is 2. The number of hydrogen-bond acceptors (Lipinski definition) is 3. The number of ether oxygens (including phenoxy) is 1. The molecule has 0 bridgehead atoms. The third-order valence-electron chi connectivity index (χ3n) is 6.22. The van der Waals surface area contributed by atoms with Gasteiger partial charge in [-0.15, -0.1) is 0 Å². The Kier molecular flexibility index (Phi) is 4.64. The molecule has 1 aliphatic rings. The molecule has 4 aromatic rings. The van der Waals surface area contributed by atoms with Gasteiger partial charge in [0.15, 0.2) is 0 Å². The molecule has 29 heavy (non-hydrogen) atoms. The summed E-state index contributed by atoms with van der Waals surface area (Å²) in [5.74, 6) is 0.892. The minimum atomic E-state index is 0.0115. The van der Waals surface area contributed by atoms with E-state index in [0.29, 0.717) is 0 Å². The van der Waals surface area contributed by atoms with Crippen LogP contribution in [-0.2, 0) is 6.42 Å². The van der Waals surface area contributed by atoms with Gasteiger partial charge in [-0.2, -0.15) is 0 Å². The number of benzene rings is 2. The summed E-state index contributed by atoms with van der Waals surface area (Å²) >= 11 is 0. The molecule has 150 valence electrons. The molecule has 6 heteroatoms. The van der Waals surface area contributed by atoms with E-state index in [0.717, 1.165) is 61.2 Å². The zero-order valence-electron chi connectivity index (χ0n) is 16.6. The lowest BCUT2D eigenvalue weighted by Gasteiger charge is -2.32. The summed E-state index contributed by atoms with van der Waals surface area (Å²) in [4.78, 5) is 21.3. The van der Waals surface area contributed by atoms with Gasteiger partial charge in [0.1, 0.15) is 5.75 Å². The smallest absolute Gasteiger partial charge is 0.326 e. The van der Waals surface area contributed by atoms with Crippen LogP contribution >= 0.6 is 0 Å². The van der Waals surface area contributed by atoms with Crippen LogP contribution in [0.25, 0.3) is 21.9 Å². The van der Waals surface area contributed by atoms with Crippen LogP contribution in [0.3, 0.4) is 0 Å². The van der Waals surface area contributed by atoms with Crippen molar-refractivity contribution in [2.24, 2.45) is 0 Å². The van der Waals surface area contributed by atoms with Crippen LogP contribution < -0.4 is 10.4 Å². The molecule has 2 N–H and O–H groups in total. The second-order valence-electron chi connectivity index (χ2n) is 7.87. The molecule has 3 heterocycles. The number of rotatable bonds is 5. The Morgan fingerprint density at radius 2 is 1.93 bits per heavy atom. The molecule has 0 amide bonds. The van der Waals surface area contributed by atoms with Crippen molar-refractivity contribution in [3.8, 4) is 5.75 Å². The molecule has 1 saturated heterocycles. The lowest BCUT2D eigenvalue weighted by molar-refractivity contribution is 0.189. The normalized spacial score (nSPS) is 16.0. The van der Waals surface area contributed by atoms with Crippen LogP contribution in [0.5, 0.6) is 5.75 Å². The standard InChI is InChI=1S/C23H26N4O2/c1-29-18-6-7-20-19(14-18)16(15-24-20)8-11-26-12-9-17(10-13-26)27-22-5-3-2-4-21(22)25-23(27)28/h2-7,14-15,17,24H,8-13H2,1H3,(H,25,28). The van der Waals surface area contributed by atoms with Crippen molar-refractivity contribution >= 4 is 21.9 Å². The molecular formula is C23H26N4O2. The van der Waals surface area contributed by atoms with E-state index in [-0.39, 0.29) is 11.7 Å². The zero-order valence-corrected chi connectivity index (χ0v) is 16.6. The number of methoxy groups -OCH3 is 1. The second kappa shape index (κ2) is 7.44. The Bertz CT molecular complexity index is 1190. The third kappa shape index (κ3) is 3.34. The molecular weight excluding hydrogens is 364 g/mol. The van der Waals surface area contributed by atoms with Crippen LogP contribution in [0.1, 0.15) is 24.4 Å². The predicted molar refractivity (Wildman–Crippen MR) is 116 cm³/mol. The minimum absolute atomic E-state index is 0.0115. The molecule has 2 aromatic carbocycles. The predicted octanol–water partition coefficient (Wildman–Crippen LogP) is 3.70. The first-order valence-electron chi connectivity index (χ1n) is 10.3. The Morgan fingerprint density at radius 3 is 2.76 bits per heavy atom. The maximum absolute atomic E-state index is 12.5. The fourth-order valence-electron chi connectivity index (χ4n) is 4.61. The van der Waals surface area contributed by atoms with Gasteiger partial charge in [0.05, 0.1) is 18.1 Å². The molecule has 2 aromatic heterocycles. The van der Waals surface area contributed by atoms with Crippen LogP contribution in [0.4, 0.5) is 0 Å². The second-order valence-corrected chi connectivity index (χ2v) is 7.87. The Labute approximate surface area is 169 Å². The summed E-state index contributed by atoms with van der Waals surface area (Å²) < 4.78 is 7.33. The van der Waals surface area contributed by atoms with Crippen molar-refractivity contribution in [3.05, 3.63) is 64.7 Å². The number of hydrogen-bond donors (Lipinski definition) is 2. The van der Waals surface area contributed by atoms with Gasteiger partial charge in [0, 0.05) is 42.8 Å². The highest BCUT2D eigenvalue weighted by molar-refractivity contribution is 5.84.